The van der Waals surface area contributed by atoms with Crippen molar-refractivity contribution in [2.75, 3.05) is 11.9 Å². The number of nitrogens with zero attached hydrogens (tertiary/aromatic N) is 1. The average molecular weight is 351 g/mol. The van der Waals surface area contributed by atoms with Crippen LogP contribution >= 0.6 is 11.3 Å². The first-order chi connectivity index (χ1) is 12.2. The molecule has 0 aliphatic heterocycles. The summed E-state index contributed by atoms with van der Waals surface area (Å²) in [6.45, 7) is 2.41. The Labute approximate surface area is 149 Å². The van der Waals surface area contributed by atoms with Crippen LogP contribution in [0.25, 0.3) is 16.3 Å². The van der Waals surface area contributed by atoms with E-state index in [1.165, 1.54) is 17.4 Å². The summed E-state index contributed by atoms with van der Waals surface area (Å²) in [5, 5.41) is 6.25. The van der Waals surface area contributed by atoms with Crippen molar-refractivity contribution in [1.82, 2.24) is 10.3 Å². The fourth-order valence-corrected chi connectivity index (χ4v) is 3.16. The van der Waals surface area contributed by atoms with Crippen LogP contribution in [0.15, 0.2) is 54.6 Å². The lowest BCUT2D eigenvalue weighted by atomic mass is 10.2. The summed E-state index contributed by atoms with van der Waals surface area (Å²) in [5.74, 6) is -0.434. The molecular weight excluding hydrogens is 334 g/mol. The molecular formula is C19H17N3O2S. The van der Waals surface area contributed by atoms with E-state index in [0.717, 1.165) is 15.2 Å². The van der Waals surface area contributed by atoms with Crippen molar-refractivity contribution in [3.8, 4) is 0 Å². The van der Waals surface area contributed by atoms with E-state index >= 15 is 0 Å². The van der Waals surface area contributed by atoms with Gasteiger partial charge < -0.3 is 10.6 Å². The highest BCUT2D eigenvalue weighted by atomic mass is 32.1. The molecule has 0 aliphatic carbocycles. The van der Waals surface area contributed by atoms with Crippen molar-refractivity contribution in [3.05, 3.63) is 65.2 Å². The van der Waals surface area contributed by atoms with Gasteiger partial charge in [-0.05, 0) is 43.3 Å². The molecule has 0 unspecified atom stereocenters. The number of hydrogen-bond donors (Lipinski definition) is 2. The first kappa shape index (κ1) is 16.9. The van der Waals surface area contributed by atoms with Crippen LogP contribution in [0.3, 0.4) is 0 Å². The lowest BCUT2D eigenvalue weighted by molar-refractivity contribution is -0.111. The van der Waals surface area contributed by atoms with E-state index in [9.17, 15) is 9.59 Å². The summed E-state index contributed by atoms with van der Waals surface area (Å²) in [4.78, 5) is 28.4. The zero-order chi connectivity index (χ0) is 17.6. The molecule has 3 rings (SSSR count). The number of benzene rings is 2. The molecule has 0 aliphatic rings. The third-order valence-electron chi connectivity index (χ3n) is 3.42. The minimum Gasteiger partial charge on any atom is -0.352 e. The maximum Gasteiger partial charge on any atom is 0.251 e. The largest absolute Gasteiger partial charge is 0.352 e. The molecule has 126 valence electrons. The van der Waals surface area contributed by atoms with E-state index in [0.29, 0.717) is 17.8 Å². The molecule has 0 bridgehead atoms. The van der Waals surface area contributed by atoms with Crippen molar-refractivity contribution in [3.63, 3.8) is 0 Å². The van der Waals surface area contributed by atoms with Gasteiger partial charge in [0.25, 0.3) is 5.91 Å². The number of hydrogen-bond acceptors (Lipinski definition) is 4. The summed E-state index contributed by atoms with van der Waals surface area (Å²) in [7, 11) is 0. The predicted molar refractivity (Wildman–Crippen MR) is 102 cm³/mol. The number of para-hydroxylation sites is 1. The molecule has 0 radical (unpaired) electrons. The molecule has 1 aromatic heterocycles. The van der Waals surface area contributed by atoms with Crippen LogP contribution in [0, 0.1) is 0 Å². The highest BCUT2D eigenvalue weighted by molar-refractivity contribution is 7.19. The second-order valence-corrected chi connectivity index (χ2v) is 6.34. The molecule has 0 saturated carbocycles. The van der Waals surface area contributed by atoms with Gasteiger partial charge in [-0.25, -0.2) is 4.98 Å². The van der Waals surface area contributed by atoms with Crippen LogP contribution in [0.1, 0.15) is 22.3 Å². The Morgan fingerprint density at radius 2 is 2.00 bits per heavy atom. The smallest absolute Gasteiger partial charge is 0.251 e. The van der Waals surface area contributed by atoms with Gasteiger partial charge in [0, 0.05) is 23.9 Å². The van der Waals surface area contributed by atoms with Crippen molar-refractivity contribution in [1.29, 1.82) is 0 Å². The zero-order valence-corrected chi connectivity index (χ0v) is 14.5. The number of thiazole rings is 1. The molecule has 2 aromatic carbocycles. The van der Waals surface area contributed by atoms with Gasteiger partial charge in [-0.3, -0.25) is 9.59 Å². The lowest BCUT2D eigenvalue weighted by Crippen LogP contribution is -2.22. The van der Waals surface area contributed by atoms with Crippen LogP contribution in [0.4, 0.5) is 5.69 Å². The monoisotopic (exact) mass is 351 g/mol. The minimum absolute atomic E-state index is 0.163. The average Bonchev–Trinajstić information content (AvgIpc) is 3.03. The molecule has 25 heavy (non-hydrogen) atoms. The second kappa shape index (κ2) is 7.72. The minimum atomic E-state index is -0.271. The fourth-order valence-electron chi connectivity index (χ4n) is 2.29. The third kappa shape index (κ3) is 4.30. The molecule has 0 spiro atoms. The molecule has 2 amide bonds. The van der Waals surface area contributed by atoms with E-state index in [1.807, 2.05) is 31.2 Å². The third-order valence-corrected chi connectivity index (χ3v) is 4.42. The predicted octanol–water partition coefficient (Wildman–Crippen LogP) is 3.70. The Bertz CT molecular complexity index is 914. The highest BCUT2D eigenvalue weighted by Crippen LogP contribution is 2.22. The number of aromatic nitrogens is 1. The van der Waals surface area contributed by atoms with Gasteiger partial charge in [-0.15, -0.1) is 11.3 Å². The number of carbonyl (C=O) groups is 2. The SMILES string of the molecule is CCNC(=O)c1cccc(NC(=O)C=Cc2nc3ccccc3s2)c1. The maximum atomic E-state index is 12.1. The normalized spacial score (nSPS) is 10.9. The van der Waals surface area contributed by atoms with Crippen molar-refractivity contribution in [2.45, 2.75) is 6.92 Å². The Morgan fingerprint density at radius 1 is 1.16 bits per heavy atom. The molecule has 5 nitrogen and oxygen atoms in total. The van der Waals surface area contributed by atoms with Gasteiger partial charge in [-0.2, -0.15) is 0 Å². The summed E-state index contributed by atoms with van der Waals surface area (Å²) in [5.41, 5.74) is 2.00. The Balaban J connectivity index is 1.67. The van der Waals surface area contributed by atoms with Gasteiger partial charge in [0.05, 0.1) is 10.2 Å². The van der Waals surface area contributed by atoms with E-state index in [-0.39, 0.29) is 11.8 Å². The molecule has 0 saturated heterocycles. The van der Waals surface area contributed by atoms with E-state index in [4.69, 9.17) is 0 Å². The molecule has 6 heteroatoms. The Kier molecular flexibility index (Phi) is 5.20. The lowest BCUT2D eigenvalue weighted by Gasteiger charge is -2.05. The summed E-state index contributed by atoms with van der Waals surface area (Å²) >= 11 is 1.53. The van der Waals surface area contributed by atoms with Crippen LogP contribution in [-0.2, 0) is 4.79 Å². The Morgan fingerprint density at radius 3 is 2.80 bits per heavy atom. The second-order valence-electron chi connectivity index (χ2n) is 5.28. The van der Waals surface area contributed by atoms with Gasteiger partial charge in [0.1, 0.15) is 5.01 Å². The van der Waals surface area contributed by atoms with E-state index in [1.54, 1.807) is 30.3 Å². The van der Waals surface area contributed by atoms with Crippen LogP contribution in [0.2, 0.25) is 0 Å². The van der Waals surface area contributed by atoms with Crippen molar-refractivity contribution < 1.29 is 9.59 Å². The van der Waals surface area contributed by atoms with E-state index < -0.39 is 0 Å². The quantitative estimate of drug-likeness (QED) is 0.689. The van der Waals surface area contributed by atoms with Gasteiger partial charge in [0.15, 0.2) is 0 Å². The standard InChI is InChI=1S/C19H17N3O2S/c1-2-20-19(24)13-6-5-7-14(12-13)21-17(23)10-11-18-22-15-8-3-4-9-16(15)25-18/h3-12H,2H2,1H3,(H,20,24)(H,21,23). The van der Waals surface area contributed by atoms with Crippen LogP contribution in [-0.4, -0.2) is 23.3 Å². The number of nitrogens with one attached hydrogen (secondary N) is 2. The molecule has 0 atom stereocenters. The first-order valence-electron chi connectivity index (χ1n) is 7.88. The molecule has 0 fully saturated rings. The number of anilines is 1. The Hall–Kier alpha value is -2.99. The van der Waals surface area contributed by atoms with Crippen molar-refractivity contribution in [2.24, 2.45) is 0 Å². The number of fused-ring (bicyclic) bond motifs is 1. The zero-order valence-electron chi connectivity index (χ0n) is 13.7. The fraction of sp³-hybridized carbons (Fsp3) is 0.105. The summed E-state index contributed by atoms with van der Waals surface area (Å²) in [6, 6.07) is 14.7. The topological polar surface area (TPSA) is 71.1 Å². The molecule has 1 heterocycles. The van der Waals surface area contributed by atoms with Gasteiger partial charge in [0.2, 0.25) is 5.91 Å². The summed E-state index contributed by atoms with van der Waals surface area (Å²) < 4.78 is 1.08. The molecule has 3 aromatic rings. The first-order valence-corrected chi connectivity index (χ1v) is 8.70. The molecule has 2 N–H and O–H groups in total. The number of rotatable bonds is 5. The van der Waals surface area contributed by atoms with Crippen molar-refractivity contribution >= 4 is 45.1 Å². The maximum absolute atomic E-state index is 12.1. The highest BCUT2D eigenvalue weighted by Gasteiger charge is 2.06. The number of carbonyl (C=O) groups excluding carboxylic acids is 2. The van der Waals surface area contributed by atoms with Crippen LogP contribution < -0.4 is 10.6 Å². The summed E-state index contributed by atoms with van der Waals surface area (Å²) in [6.07, 6.45) is 3.13. The van der Waals surface area contributed by atoms with Gasteiger partial charge >= 0.3 is 0 Å². The number of amides is 2. The van der Waals surface area contributed by atoms with E-state index in [2.05, 4.69) is 15.6 Å². The van der Waals surface area contributed by atoms with Gasteiger partial charge in [-0.1, -0.05) is 18.2 Å². The van der Waals surface area contributed by atoms with Crippen LogP contribution in [0.5, 0.6) is 0 Å².